The normalized spacial score (nSPS) is 11.1. The van der Waals surface area contributed by atoms with Crippen molar-refractivity contribution in [3.63, 3.8) is 0 Å². The summed E-state index contributed by atoms with van der Waals surface area (Å²) in [4.78, 5) is 21.7. The minimum absolute atomic E-state index is 0.112. The monoisotopic (exact) mass is 287 g/mol. The second kappa shape index (κ2) is 5.81. The van der Waals surface area contributed by atoms with E-state index >= 15 is 0 Å². The lowest BCUT2D eigenvalue weighted by Gasteiger charge is -2.10. The Hall–Kier alpha value is -1.93. The van der Waals surface area contributed by atoms with E-state index in [1.807, 2.05) is 4.72 Å². The topological polar surface area (TPSA) is 110 Å². The van der Waals surface area contributed by atoms with Crippen LogP contribution in [0.3, 0.4) is 0 Å². The smallest absolute Gasteiger partial charge is 0.338 e. The molecule has 8 heteroatoms. The van der Waals surface area contributed by atoms with Gasteiger partial charge < -0.3 is 9.84 Å². The molecular weight excluding hydrogens is 274 g/mol. The number of hydrogen-bond donors (Lipinski definition) is 2. The second-order valence-corrected chi connectivity index (χ2v) is 5.37. The van der Waals surface area contributed by atoms with Crippen LogP contribution in [0, 0.1) is 6.92 Å². The molecule has 0 aromatic heterocycles. The maximum Gasteiger partial charge on any atom is 0.338 e. The van der Waals surface area contributed by atoms with Gasteiger partial charge in [0, 0.05) is 0 Å². The van der Waals surface area contributed by atoms with Crippen molar-refractivity contribution in [3.05, 3.63) is 29.3 Å². The van der Waals surface area contributed by atoms with Crippen molar-refractivity contribution in [2.75, 3.05) is 13.7 Å². The van der Waals surface area contributed by atoms with Crippen LogP contribution in [-0.4, -0.2) is 39.1 Å². The summed E-state index contributed by atoms with van der Waals surface area (Å²) >= 11 is 0. The number of rotatable bonds is 5. The quantitative estimate of drug-likeness (QED) is 0.746. The number of methoxy groups -OCH3 is 1. The molecule has 0 spiro atoms. The molecule has 0 saturated heterocycles. The number of carboxylic acids is 1. The highest BCUT2D eigenvalue weighted by Crippen LogP contribution is 2.19. The molecule has 0 saturated carbocycles. The first-order valence-corrected chi connectivity index (χ1v) is 6.67. The molecule has 0 fully saturated rings. The molecule has 19 heavy (non-hydrogen) atoms. The fraction of sp³-hybridized carbons (Fsp3) is 0.273. The van der Waals surface area contributed by atoms with E-state index in [4.69, 9.17) is 5.11 Å². The van der Waals surface area contributed by atoms with Crippen molar-refractivity contribution >= 4 is 22.0 Å². The summed E-state index contributed by atoms with van der Waals surface area (Å²) in [5.74, 6) is -1.96. The van der Waals surface area contributed by atoms with Crippen LogP contribution in [0.4, 0.5) is 0 Å². The molecule has 0 bridgehead atoms. The van der Waals surface area contributed by atoms with Crippen LogP contribution in [0.15, 0.2) is 23.1 Å². The number of carbonyl (C=O) groups excluding carboxylic acids is 1. The van der Waals surface area contributed by atoms with Crippen molar-refractivity contribution < 1.29 is 27.9 Å². The number of esters is 1. The minimum atomic E-state index is -3.99. The molecule has 1 rings (SSSR count). The Morgan fingerprint density at radius 2 is 2.00 bits per heavy atom. The summed E-state index contributed by atoms with van der Waals surface area (Å²) in [6, 6.07) is 4.10. The van der Waals surface area contributed by atoms with Crippen molar-refractivity contribution in [1.82, 2.24) is 4.72 Å². The summed E-state index contributed by atoms with van der Waals surface area (Å²) in [6.45, 7) is 0.714. The van der Waals surface area contributed by atoms with E-state index in [0.717, 1.165) is 0 Å². The number of hydrogen-bond acceptors (Lipinski definition) is 5. The zero-order chi connectivity index (χ0) is 14.6. The number of carbonyl (C=O) groups is 2. The fourth-order valence-electron chi connectivity index (χ4n) is 1.47. The van der Waals surface area contributed by atoms with Crippen LogP contribution < -0.4 is 4.72 Å². The summed E-state index contributed by atoms with van der Waals surface area (Å²) < 4.78 is 30.2. The van der Waals surface area contributed by atoms with Gasteiger partial charge in [0.05, 0.1) is 17.6 Å². The Bertz CT molecular complexity index is 608. The zero-order valence-corrected chi connectivity index (χ0v) is 11.2. The summed E-state index contributed by atoms with van der Waals surface area (Å²) in [6.07, 6.45) is 0. The van der Waals surface area contributed by atoms with Crippen LogP contribution in [0.25, 0.3) is 0 Å². The Kier molecular flexibility index (Phi) is 4.62. The summed E-state index contributed by atoms with van der Waals surface area (Å²) in [7, 11) is -2.80. The highest BCUT2D eigenvalue weighted by atomic mass is 32.2. The third-order valence-corrected chi connectivity index (χ3v) is 3.94. The SMILES string of the molecule is COC(=O)c1cccc(S(=O)(=O)NCC(=O)O)c1C. The van der Waals surface area contributed by atoms with Gasteiger partial charge in [-0.1, -0.05) is 6.07 Å². The molecule has 0 unspecified atom stereocenters. The molecule has 2 N–H and O–H groups in total. The Labute approximate surface area is 110 Å². The second-order valence-electron chi connectivity index (χ2n) is 3.64. The third-order valence-electron chi connectivity index (χ3n) is 2.39. The lowest BCUT2D eigenvalue weighted by molar-refractivity contribution is -0.135. The largest absolute Gasteiger partial charge is 0.480 e. The van der Waals surface area contributed by atoms with E-state index in [1.54, 1.807) is 0 Å². The van der Waals surface area contributed by atoms with Gasteiger partial charge in [0.1, 0.15) is 6.54 Å². The molecule has 7 nitrogen and oxygen atoms in total. The van der Waals surface area contributed by atoms with E-state index in [1.165, 1.54) is 32.2 Å². The average Bonchev–Trinajstić information content (AvgIpc) is 2.35. The first-order valence-electron chi connectivity index (χ1n) is 5.19. The van der Waals surface area contributed by atoms with Gasteiger partial charge in [0.2, 0.25) is 10.0 Å². The van der Waals surface area contributed by atoms with Crippen LogP contribution in [0.5, 0.6) is 0 Å². The number of ether oxygens (including phenoxy) is 1. The number of carboxylic acid groups (broad SMARTS) is 1. The van der Waals surface area contributed by atoms with E-state index < -0.39 is 28.5 Å². The standard InChI is InChI=1S/C11H13NO6S/c1-7-8(11(15)18-2)4-3-5-9(7)19(16,17)12-6-10(13)14/h3-5,12H,6H2,1-2H3,(H,13,14). The maximum absolute atomic E-state index is 11.9. The Morgan fingerprint density at radius 1 is 1.37 bits per heavy atom. The van der Waals surface area contributed by atoms with Gasteiger partial charge >= 0.3 is 11.9 Å². The van der Waals surface area contributed by atoms with Crippen LogP contribution >= 0.6 is 0 Å². The summed E-state index contributed by atoms with van der Waals surface area (Å²) in [5, 5.41) is 8.47. The van der Waals surface area contributed by atoms with E-state index in [9.17, 15) is 18.0 Å². The fourth-order valence-corrected chi connectivity index (χ4v) is 2.71. The van der Waals surface area contributed by atoms with Gasteiger partial charge in [-0.25, -0.2) is 13.2 Å². The first kappa shape index (κ1) is 15.1. The van der Waals surface area contributed by atoms with Crippen LogP contribution in [0.2, 0.25) is 0 Å². The van der Waals surface area contributed by atoms with E-state index in [0.29, 0.717) is 0 Å². The molecule has 1 aromatic carbocycles. The molecule has 0 amide bonds. The van der Waals surface area contributed by atoms with Crippen molar-refractivity contribution in [1.29, 1.82) is 0 Å². The van der Waals surface area contributed by atoms with Crippen molar-refractivity contribution in [2.24, 2.45) is 0 Å². The number of benzene rings is 1. The number of aliphatic carboxylic acids is 1. The van der Waals surface area contributed by atoms with Gasteiger partial charge in [-0.3, -0.25) is 4.79 Å². The highest BCUT2D eigenvalue weighted by molar-refractivity contribution is 7.89. The summed E-state index contributed by atoms with van der Waals surface area (Å²) in [5.41, 5.74) is 0.313. The molecule has 0 aliphatic rings. The molecule has 0 atom stereocenters. The Balaban J connectivity index is 3.21. The van der Waals surface area contributed by atoms with Crippen LogP contribution in [0.1, 0.15) is 15.9 Å². The third kappa shape index (κ3) is 3.52. The highest BCUT2D eigenvalue weighted by Gasteiger charge is 2.21. The first-order chi connectivity index (χ1) is 8.79. The van der Waals surface area contributed by atoms with Crippen molar-refractivity contribution in [3.8, 4) is 0 Å². The molecule has 104 valence electrons. The van der Waals surface area contributed by atoms with E-state index in [2.05, 4.69) is 4.74 Å². The molecule has 0 aliphatic carbocycles. The van der Waals surface area contributed by atoms with Gasteiger partial charge in [0.15, 0.2) is 0 Å². The Morgan fingerprint density at radius 3 is 2.53 bits per heavy atom. The number of nitrogens with one attached hydrogen (secondary N) is 1. The lowest BCUT2D eigenvalue weighted by Crippen LogP contribution is -2.30. The van der Waals surface area contributed by atoms with Gasteiger partial charge in [-0.05, 0) is 24.6 Å². The zero-order valence-electron chi connectivity index (χ0n) is 10.3. The van der Waals surface area contributed by atoms with E-state index in [-0.39, 0.29) is 16.0 Å². The average molecular weight is 287 g/mol. The van der Waals surface area contributed by atoms with Gasteiger partial charge in [-0.15, -0.1) is 0 Å². The van der Waals surface area contributed by atoms with Crippen LogP contribution in [-0.2, 0) is 19.6 Å². The van der Waals surface area contributed by atoms with Gasteiger partial charge in [0.25, 0.3) is 0 Å². The predicted molar refractivity (Wildman–Crippen MR) is 65.3 cm³/mol. The predicted octanol–water partition coefficient (Wildman–Crippen LogP) is 0.145. The molecule has 0 radical (unpaired) electrons. The molecule has 0 aliphatic heterocycles. The molecule has 0 heterocycles. The maximum atomic E-state index is 11.9. The molecule has 1 aromatic rings. The molecular formula is C11H13NO6S. The number of sulfonamides is 1. The van der Waals surface area contributed by atoms with Gasteiger partial charge in [-0.2, -0.15) is 4.72 Å². The minimum Gasteiger partial charge on any atom is -0.480 e. The van der Waals surface area contributed by atoms with Crippen molar-refractivity contribution in [2.45, 2.75) is 11.8 Å². The lowest BCUT2D eigenvalue weighted by atomic mass is 10.1.